The van der Waals surface area contributed by atoms with Crippen LogP contribution >= 0.6 is 0 Å². The number of pyridine rings is 1. The molecule has 1 aliphatic heterocycles. The number of carbonyl (C=O) groups is 1. The molecule has 0 radical (unpaired) electrons. The molecule has 26 heavy (non-hydrogen) atoms. The molecule has 0 atom stereocenters. The van der Waals surface area contributed by atoms with Crippen LogP contribution in [-0.4, -0.2) is 48.6 Å². The minimum absolute atomic E-state index is 0.0463. The van der Waals surface area contributed by atoms with Gasteiger partial charge < -0.3 is 14.5 Å². The summed E-state index contributed by atoms with van der Waals surface area (Å²) in [6.07, 6.45) is 0. The standard InChI is InChI=1S/C21H27N3O2/c1-15-5-6-20(11-16(15)2)26-14-21(25)24-9-7-23(8-10-24)19-12-17(3)22-18(4)13-19/h5-6,11-13H,7-10,14H2,1-4H3. The monoisotopic (exact) mass is 353 g/mol. The van der Waals surface area contributed by atoms with Crippen LogP contribution in [0.15, 0.2) is 30.3 Å². The van der Waals surface area contributed by atoms with E-state index in [4.69, 9.17) is 4.74 Å². The van der Waals surface area contributed by atoms with Crippen LogP contribution in [0.3, 0.4) is 0 Å². The van der Waals surface area contributed by atoms with E-state index in [2.05, 4.69) is 28.9 Å². The Balaban J connectivity index is 1.52. The summed E-state index contributed by atoms with van der Waals surface area (Å²) in [6.45, 7) is 11.3. The van der Waals surface area contributed by atoms with Crippen molar-refractivity contribution in [2.75, 3.05) is 37.7 Å². The van der Waals surface area contributed by atoms with Crippen LogP contribution in [0.2, 0.25) is 0 Å². The van der Waals surface area contributed by atoms with Gasteiger partial charge in [-0.3, -0.25) is 9.78 Å². The first kappa shape index (κ1) is 18.2. The largest absolute Gasteiger partial charge is 0.484 e. The maximum absolute atomic E-state index is 12.4. The molecule has 0 bridgehead atoms. The second-order valence-electron chi connectivity index (χ2n) is 7.01. The number of rotatable bonds is 4. The van der Waals surface area contributed by atoms with Gasteiger partial charge in [0.15, 0.2) is 6.61 Å². The summed E-state index contributed by atoms with van der Waals surface area (Å²) >= 11 is 0. The van der Waals surface area contributed by atoms with Crippen LogP contribution in [0, 0.1) is 27.7 Å². The van der Waals surface area contributed by atoms with E-state index in [0.29, 0.717) is 0 Å². The quantitative estimate of drug-likeness (QED) is 0.848. The molecular formula is C21H27N3O2. The normalized spacial score (nSPS) is 14.5. The fourth-order valence-electron chi connectivity index (χ4n) is 3.25. The van der Waals surface area contributed by atoms with Crippen molar-refractivity contribution in [3.63, 3.8) is 0 Å². The third kappa shape index (κ3) is 4.34. The van der Waals surface area contributed by atoms with Gasteiger partial charge >= 0.3 is 0 Å². The predicted molar refractivity (Wildman–Crippen MR) is 104 cm³/mol. The number of hydrogen-bond acceptors (Lipinski definition) is 4. The lowest BCUT2D eigenvalue weighted by atomic mass is 10.1. The molecule has 2 aromatic rings. The van der Waals surface area contributed by atoms with Crippen LogP contribution in [0.1, 0.15) is 22.5 Å². The molecule has 138 valence electrons. The Hall–Kier alpha value is -2.56. The van der Waals surface area contributed by atoms with Crippen molar-refractivity contribution < 1.29 is 9.53 Å². The van der Waals surface area contributed by atoms with Gasteiger partial charge in [-0.1, -0.05) is 6.07 Å². The highest BCUT2D eigenvalue weighted by Crippen LogP contribution is 2.19. The molecule has 1 aliphatic rings. The highest BCUT2D eigenvalue weighted by Gasteiger charge is 2.22. The number of hydrogen-bond donors (Lipinski definition) is 0. The Morgan fingerprint density at radius 2 is 1.62 bits per heavy atom. The van der Waals surface area contributed by atoms with Crippen LogP contribution < -0.4 is 9.64 Å². The first-order chi connectivity index (χ1) is 12.4. The van der Waals surface area contributed by atoms with Crippen LogP contribution in [-0.2, 0) is 4.79 Å². The lowest BCUT2D eigenvalue weighted by molar-refractivity contribution is -0.133. The van der Waals surface area contributed by atoms with Gasteiger partial charge in [0.25, 0.3) is 5.91 Å². The number of amides is 1. The molecule has 1 saturated heterocycles. The van der Waals surface area contributed by atoms with Crippen LogP contribution in [0.4, 0.5) is 5.69 Å². The highest BCUT2D eigenvalue weighted by atomic mass is 16.5. The fraction of sp³-hybridized carbons (Fsp3) is 0.429. The summed E-state index contributed by atoms with van der Waals surface area (Å²) in [5, 5.41) is 0. The molecule has 5 nitrogen and oxygen atoms in total. The van der Waals surface area contributed by atoms with Gasteiger partial charge in [-0.25, -0.2) is 0 Å². The van der Waals surface area contributed by atoms with Gasteiger partial charge in [0.1, 0.15) is 5.75 Å². The van der Waals surface area contributed by atoms with Crippen molar-refractivity contribution in [1.29, 1.82) is 0 Å². The SMILES string of the molecule is Cc1cc(N2CCN(C(=O)COc3ccc(C)c(C)c3)CC2)cc(C)n1. The number of ether oxygens (including phenoxy) is 1. The van der Waals surface area contributed by atoms with Crippen LogP contribution in [0.25, 0.3) is 0 Å². The molecule has 0 aliphatic carbocycles. The van der Waals surface area contributed by atoms with Crippen LogP contribution in [0.5, 0.6) is 5.75 Å². The maximum atomic E-state index is 12.4. The van der Waals surface area contributed by atoms with Gasteiger partial charge in [-0.2, -0.15) is 0 Å². The van der Waals surface area contributed by atoms with Gasteiger partial charge in [-0.05, 0) is 63.1 Å². The van der Waals surface area contributed by atoms with E-state index in [1.54, 1.807) is 0 Å². The Kier molecular flexibility index (Phi) is 5.45. The third-order valence-electron chi connectivity index (χ3n) is 4.90. The minimum atomic E-state index is 0.0463. The third-order valence-corrected chi connectivity index (χ3v) is 4.90. The summed E-state index contributed by atoms with van der Waals surface area (Å²) in [4.78, 5) is 21.1. The zero-order valence-corrected chi connectivity index (χ0v) is 16.1. The lowest BCUT2D eigenvalue weighted by Crippen LogP contribution is -2.50. The number of nitrogens with zero attached hydrogens (tertiary/aromatic N) is 3. The predicted octanol–water partition coefficient (Wildman–Crippen LogP) is 3.04. The maximum Gasteiger partial charge on any atom is 0.260 e. The van der Waals surface area contributed by atoms with Crippen molar-refractivity contribution in [2.45, 2.75) is 27.7 Å². The molecule has 0 saturated carbocycles. The molecule has 1 amide bonds. The molecular weight excluding hydrogens is 326 g/mol. The van der Waals surface area contributed by atoms with Crippen molar-refractivity contribution in [2.24, 2.45) is 0 Å². The highest BCUT2D eigenvalue weighted by molar-refractivity contribution is 5.78. The molecule has 3 rings (SSSR count). The topological polar surface area (TPSA) is 45.7 Å². The summed E-state index contributed by atoms with van der Waals surface area (Å²) < 4.78 is 5.69. The fourth-order valence-corrected chi connectivity index (χ4v) is 3.25. The van der Waals surface area contributed by atoms with Gasteiger partial charge in [0.05, 0.1) is 0 Å². The molecule has 0 unspecified atom stereocenters. The van der Waals surface area contributed by atoms with Gasteiger partial charge in [0, 0.05) is 43.3 Å². The summed E-state index contributed by atoms with van der Waals surface area (Å²) in [7, 11) is 0. The Morgan fingerprint density at radius 3 is 2.23 bits per heavy atom. The van der Waals surface area contributed by atoms with Crippen molar-refractivity contribution >= 4 is 11.6 Å². The van der Waals surface area contributed by atoms with Gasteiger partial charge in [-0.15, -0.1) is 0 Å². The smallest absolute Gasteiger partial charge is 0.260 e. The average Bonchev–Trinajstić information content (AvgIpc) is 2.62. The molecule has 1 fully saturated rings. The molecule has 0 spiro atoms. The molecule has 0 N–H and O–H groups in total. The summed E-state index contributed by atoms with van der Waals surface area (Å²) in [5.41, 5.74) is 5.64. The van der Waals surface area contributed by atoms with E-state index in [9.17, 15) is 4.79 Å². The summed E-state index contributed by atoms with van der Waals surface area (Å²) in [6, 6.07) is 10.1. The van der Waals surface area contributed by atoms with E-state index in [0.717, 1.165) is 43.3 Å². The second kappa shape index (κ2) is 7.77. The Morgan fingerprint density at radius 1 is 0.962 bits per heavy atom. The van der Waals surface area contributed by atoms with E-state index in [1.165, 1.54) is 16.8 Å². The molecule has 2 heterocycles. The van der Waals surface area contributed by atoms with Gasteiger partial charge in [0.2, 0.25) is 0 Å². The lowest BCUT2D eigenvalue weighted by Gasteiger charge is -2.36. The zero-order valence-electron chi connectivity index (χ0n) is 16.1. The van der Waals surface area contributed by atoms with Crippen molar-refractivity contribution in [3.05, 3.63) is 52.8 Å². The number of anilines is 1. The molecule has 1 aromatic carbocycles. The molecule has 1 aromatic heterocycles. The zero-order chi connectivity index (χ0) is 18.7. The number of aromatic nitrogens is 1. The van der Waals surface area contributed by atoms with E-state index >= 15 is 0 Å². The van der Waals surface area contributed by atoms with Crippen molar-refractivity contribution in [3.8, 4) is 5.75 Å². The second-order valence-corrected chi connectivity index (χ2v) is 7.01. The Bertz CT molecular complexity index is 776. The summed E-state index contributed by atoms with van der Waals surface area (Å²) in [5.74, 6) is 0.799. The number of piperazine rings is 1. The average molecular weight is 353 g/mol. The Labute approximate surface area is 155 Å². The van der Waals surface area contributed by atoms with E-state index < -0.39 is 0 Å². The number of carbonyl (C=O) groups excluding carboxylic acids is 1. The number of benzene rings is 1. The van der Waals surface area contributed by atoms with E-state index in [1.807, 2.05) is 43.9 Å². The van der Waals surface area contributed by atoms with E-state index in [-0.39, 0.29) is 12.5 Å². The molecule has 5 heteroatoms. The first-order valence-corrected chi connectivity index (χ1v) is 9.10. The van der Waals surface area contributed by atoms with Crippen molar-refractivity contribution in [1.82, 2.24) is 9.88 Å². The minimum Gasteiger partial charge on any atom is -0.484 e. The number of aryl methyl sites for hydroxylation is 4. The first-order valence-electron chi connectivity index (χ1n) is 9.10.